The van der Waals surface area contributed by atoms with Gasteiger partial charge in [0.1, 0.15) is 0 Å². The summed E-state index contributed by atoms with van der Waals surface area (Å²) < 4.78 is 0. The Morgan fingerprint density at radius 3 is 2.50 bits per heavy atom. The van der Waals surface area contributed by atoms with Crippen molar-refractivity contribution in [2.24, 2.45) is 5.10 Å². The molecule has 0 bridgehead atoms. The Morgan fingerprint density at radius 1 is 1.04 bits per heavy atom. The van der Waals surface area contributed by atoms with E-state index in [0.29, 0.717) is 5.11 Å². The van der Waals surface area contributed by atoms with Crippen molar-refractivity contribution in [3.63, 3.8) is 0 Å². The topological polar surface area (TPSA) is 39.7 Å². The van der Waals surface area contributed by atoms with Crippen molar-refractivity contribution in [3.05, 3.63) is 59.2 Å². The maximum absolute atomic E-state index is 5.32. The van der Waals surface area contributed by atoms with E-state index < -0.39 is 0 Å². The lowest BCUT2D eigenvalue weighted by Gasteiger charge is -2.28. The van der Waals surface area contributed by atoms with E-state index in [4.69, 9.17) is 12.2 Å². The summed E-state index contributed by atoms with van der Waals surface area (Å²) in [5.74, 6) is 0. The van der Waals surface area contributed by atoms with E-state index in [9.17, 15) is 0 Å². The lowest BCUT2D eigenvalue weighted by molar-refractivity contribution is 0.578. The molecule has 0 unspecified atom stereocenters. The predicted molar refractivity (Wildman–Crippen MR) is 115 cm³/mol. The normalized spacial score (nSPS) is 14.5. The molecule has 26 heavy (non-hydrogen) atoms. The average molecular weight is 367 g/mol. The number of rotatable bonds is 4. The molecule has 0 radical (unpaired) electrons. The van der Waals surface area contributed by atoms with Crippen LogP contribution in [0.25, 0.3) is 0 Å². The van der Waals surface area contributed by atoms with Crippen LogP contribution in [0.2, 0.25) is 0 Å². The third kappa shape index (κ3) is 4.82. The molecule has 2 N–H and O–H groups in total. The highest BCUT2D eigenvalue weighted by Crippen LogP contribution is 2.20. The number of anilines is 2. The van der Waals surface area contributed by atoms with Crippen LogP contribution >= 0.6 is 12.2 Å². The molecule has 0 amide bonds. The Morgan fingerprint density at radius 2 is 1.77 bits per heavy atom. The Labute approximate surface area is 161 Å². The first-order valence-corrected chi connectivity index (χ1v) is 9.55. The van der Waals surface area contributed by atoms with Gasteiger partial charge in [-0.05, 0) is 80.2 Å². The van der Waals surface area contributed by atoms with Crippen molar-refractivity contribution >= 4 is 34.9 Å². The number of hydrazone groups is 1. The first kappa shape index (κ1) is 18.4. The van der Waals surface area contributed by atoms with Crippen LogP contribution in [-0.2, 0) is 0 Å². The van der Waals surface area contributed by atoms with Gasteiger partial charge in [0, 0.05) is 24.5 Å². The minimum atomic E-state index is 0.486. The molecule has 5 heteroatoms. The fourth-order valence-electron chi connectivity index (χ4n) is 3.13. The number of hydrogen-bond donors (Lipinski definition) is 2. The number of aryl methyl sites for hydroxylation is 1. The molecule has 2 aromatic carbocycles. The van der Waals surface area contributed by atoms with Crippen LogP contribution in [0.5, 0.6) is 0 Å². The van der Waals surface area contributed by atoms with E-state index in [1.165, 1.54) is 36.1 Å². The number of thiocarbonyl (C=S) groups is 1. The van der Waals surface area contributed by atoms with Gasteiger partial charge < -0.3 is 10.2 Å². The predicted octanol–water partition coefficient (Wildman–Crippen LogP) is 4.61. The summed E-state index contributed by atoms with van der Waals surface area (Å²) in [4.78, 5) is 2.45. The molecule has 2 aromatic rings. The van der Waals surface area contributed by atoms with Gasteiger partial charge in [-0.3, -0.25) is 5.43 Å². The lowest BCUT2D eigenvalue weighted by atomic mass is 10.1. The Hall–Kier alpha value is -2.40. The molecule has 0 saturated carbocycles. The van der Waals surface area contributed by atoms with Crippen LogP contribution in [0.4, 0.5) is 11.4 Å². The van der Waals surface area contributed by atoms with Crippen LogP contribution in [0.1, 0.15) is 36.0 Å². The molecule has 3 rings (SSSR count). The number of benzene rings is 2. The maximum Gasteiger partial charge on any atom is 0.191 e. The van der Waals surface area contributed by atoms with Gasteiger partial charge in [-0.1, -0.05) is 24.3 Å². The van der Waals surface area contributed by atoms with Gasteiger partial charge in [0.05, 0.1) is 6.21 Å². The summed E-state index contributed by atoms with van der Waals surface area (Å²) in [6.45, 7) is 6.48. The molecule has 1 heterocycles. The monoisotopic (exact) mass is 366 g/mol. The summed E-state index contributed by atoms with van der Waals surface area (Å²) in [5.41, 5.74) is 8.65. The number of hydrogen-bond acceptors (Lipinski definition) is 3. The van der Waals surface area contributed by atoms with E-state index in [2.05, 4.69) is 64.9 Å². The summed E-state index contributed by atoms with van der Waals surface area (Å²) in [5, 5.41) is 7.91. The van der Waals surface area contributed by atoms with Crippen molar-refractivity contribution < 1.29 is 0 Å². The Kier molecular flexibility index (Phi) is 6.23. The van der Waals surface area contributed by atoms with Crippen molar-refractivity contribution in [1.82, 2.24) is 5.43 Å². The van der Waals surface area contributed by atoms with Gasteiger partial charge in [0.15, 0.2) is 5.11 Å². The largest absolute Gasteiger partial charge is 0.372 e. The minimum Gasteiger partial charge on any atom is -0.372 e. The molecule has 0 aromatic heterocycles. The fourth-order valence-corrected chi connectivity index (χ4v) is 3.29. The lowest BCUT2D eigenvalue weighted by Crippen LogP contribution is -2.29. The second kappa shape index (κ2) is 8.81. The van der Waals surface area contributed by atoms with Crippen LogP contribution in [0, 0.1) is 13.8 Å². The number of nitrogens with one attached hydrogen (secondary N) is 2. The van der Waals surface area contributed by atoms with E-state index in [1.807, 2.05) is 12.1 Å². The average Bonchev–Trinajstić information content (AvgIpc) is 2.67. The second-order valence-electron chi connectivity index (χ2n) is 6.71. The van der Waals surface area contributed by atoms with E-state index in [0.717, 1.165) is 24.3 Å². The Balaban J connectivity index is 1.53. The van der Waals surface area contributed by atoms with Gasteiger partial charge in [0.25, 0.3) is 0 Å². The van der Waals surface area contributed by atoms with E-state index in [-0.39, 0.29) is 0 Å². The van der Waals surface area contributed by atoms with Crippen molar-refractivity contribution in [2.75, 3.05) is 23.3 Å². The standard InChI is InChI=1S/C21H26N4S/c1-16-7-6-8-20(17(16)2)23-21(26)24-22-15-18-9-11-19(12-10-18)25-13-4-3-5-14-25/h6-12,15H,3-5,13-14H2,1-2H3,(H2,23,24,26)/b22-15-. The summed E-state index contributed by atoms with van der Waals surface area (Å²) >= 11 is 5.32. The van der Waals surface area contributed by atoms with Crippen molar-refractivity contribution in [1.29, 1.82) is 0 Å². The van der Waals surface area contributed by atoms with E-state index >= 15 is 0 Å². The molecular weight excluding hydrogens is 340 g/mol. The summed E-state index contributed by atoms with van der Waals surface area (Å²) in [7, 11) is 0. The second-order valence-corrected chi connectivity index (χ2v) is 7.12. The molecule has 136 valence electrons. The fraction of sp³-hybridized carbons (Fsp3) is 0.333. The SMILES string of the molecule is Cc1cccc(NC(=S)N/N=C\c2ccc(N3CCCCC3)cc2)c1C. The highest BCUT2D eigenvalue weighted by atomic mass is 32.1. The summed E-state index contributed by atoms with van der Waals surface area (Å²) in [6, 6.07) is 14.6. The van der Waals surface area contributed by atoms with Gasteiger partial charge in [-0.2, -0.15) is 5.10 Å². The molecule has 1 fully saturated rings. The van der Waals surface area contributed by atoms with Crippen molar-refractivity contribution in [2.45, 2.75) is 33.1 Å². The van der Waals surface area contributed by atoms with Crippen LogP contribution < -0.4 is 15.6 Å². The zero-order valence-corrected chi connectivity index (χ0v) is 16.3. The number of piperidine rings is 1. The smallest absolute Gasteiger partial charge is 0.191 e. The Bertz CT molecular complexity index is 777. The van der Waals surface area contributed by atoms with Crippen LogP contribution in [-0.4, -0.2) is 24.4 Å². The van der Waals surface area contributed by atoms with Gasteiger partial charge in [-0.15, -0.1) is 0 Å². The van der Waals surface area contributed by atoms with E-state index in [1.54, 1.807) is 6.21 Å². The molecule has 1 saturated heterocycles. The zero-order chi connectivity index (χ0) is 18.4. The van der Waals surface area contributed by atoms with Gasteiger partial charge >= 0.3 is 0 Å². The first-order valence-electron chi connectivity index (χ1n) is 9.15. The van der Waals surface area contributed by atoms with Crippen LogP contribution in [0.3, 0.4) is 0 Å². The molecule has 1 aliphatic heterocycles. The molecular formula is C21H26N4S. The molecule has 0 atom stereocenters. The highest BCUT2D eigenvalue weighted by molar-refractivity contribution is 7.80. The van der Waals surface area contributed by atoms with Crippen molar-refractivity contribution in [3.8, 4) is 0 Å². The summed E-state index contributed by atoms with van der Waals surface area (Å²) in [6.07, 6.45) is 5.72. The van der Waals surface area contributed by atoms with Gasteiger partial charge in [-0.25, -0.2) is 0 Å². The zero-order valence-electron chi connectivity index (χ0n) is 15.5. The minimum absolute atomic E-state index is 0.486. The maximum atomic E-state index is 5.32. The number of nitrogens with zero attached hydrogens (tertiary/aromatic N) is 2. The molecule has 0 spiro atoms. The van der Waals surface area contributed by atoms with Gasteiger partial charge in [0.2, 0.25) is 0 Å². The first-order chi connectivity index (χ1) is 12.6. The molecule has 0 aliphatic carbocycles. The van der Waals surface area contributed by atoms with Crippen LogP contribution in [0.15, 0.2) is 47.6 Å². The highest BCUT2D eigenvalue weighted by Gasteiger charge is 2.10. The molecule has 4 nitrogen and oxygen atoms in total. The molecule has 1 aliphatic rings. The third-order valence-corrected chi connectivity index (χ3v) is 5.04. The quantitative estimate of drug-likeness (QED) is 0.471. The third-order valence-electron chi connectivity index (χ3n) is 4.85.